The molecule has 1 atom stereocenters. The normalized spacial score (nSPS) is 12.0. The molecule has 0 aliphatic rings. The zero-order valence-corrected chi connectivity index (χ0v) is 11.4. The summed E-state index contributed by atoms with van der Waals surface area (Å²) in [6.45, 7) is 5.31. The molecule has 0 aliphatic heterocycles. The third-order valence-corrected chi connectivity index (χ3v) is 2.91. The highest BCUT2D eigenvalue weighted by Gasteiger charge is 2.20. The molecule has 0 heterocycles. The summed E-state index contributed by atoms with van der Waals surface area (Å²) in [7, 11) is 0. The molecule has 0 radical (unpaired) electrons. The molecule has 104 valence electrons. The largest absolute Gasteiger partial charge is 0.478 e. The van der Waals surface area contributed by atoms with Gasteiger partial charge in [0.1, 0.15) is 0 Å². The van der Waals surface area contributed by atoms with Gasteiger partial charge in [-0.3, -0.25) is 4.79 Å². The minimum absolute atomic E-state index is 0.0366. The van der Waals surface area contributed by atoms with E-state index < -0.39 is 18.0 Å². The molecule has 1 rings (SSSR count). The summed E-state index contributed by atoms with van der Waals surface area (Å²) in [6.07, 6.45) is -0.0724. The zero-order valence-electron chi connectivity index (χ0n) is 11.4. The molecule has 0 saturated heterocycles. The maximum atomic E-state index is 12.1. The van der Waals surface area contributed by atoms with Gasteiger partial charge >= 0.3 is 5.97 Å². The van der Waals surface area contributed by atoms with Crippen LogP contribution in [-0.4, -0.2) is 34.7 Å². The number of hydrogen-bond acceptors (Lipinski definition) is 3. The molecule has 3 N–H and O–H groups in total. The summed E-state index contributed by atoms with van der Waals surface area (Å²) in [5, 5.41) is 21.0. The lowest BCUT2D eigenvalue weighted by atomic mass is 9.96. The van der Waals surface area contributed by atoms with Gasteiger partial charge in [0.15, 0.2) is 0 Å². The fourth-order valence-electron chi connectivity index (χ4n) is 1.86. The van der Waals surface area contributed by atoms with Crippen LogP contribution in [0.1, 0.15) is 45.2 Å². The third kappa shape index (κ3) is 3.79. The van der Waals surface area contributed by atoms with E-state index in [2.05, 4.69) is 5.32 Å². The average Bonchev–Trinajstić information content (AvgIpc) is 2.30. The number of aliphatic hydroxyl groups is 1. The van der Waals surface area contributed by atoms with Gasteiger partial charge in [-0.15, -0.1) is 0 Å². The number of carboxylic acids is 1. The van der Waals surface area contributed by atoms with Crippen LogP contribution < -0.4 is 5.32 Å². The Balaban J connectivity index is 3.02. The van der Waals surface area contributed by atoms with Crippen LogP contribution in [0.3, 0.4) is 0 Å². The fourth-order valence-corrected chi connectivity index (χ4v) is 1.86. The smallest absolute Gasteiger partial charge is 0.336 e. The van der Waals surface area contributed by atoms with E-state index in [4.69, 9.17) is 5.11 Å². The Morgan fingerprint density at radius 2 is 1.74 bits per heavy atom. The summed E-state index contributed by atoms with van der Waals surface area (Å²) in [5.41, 5.74) is 1.41. The van der Waals surface area contributed by atoms with Gasteiger partial charge in [-0.05, 0) is 38.3 Å². The molecule has 1 aromatic rings. The van der Waals surface area contributed by atoms with Crippen molar-refractivity contribution in [2.75, 3.05) is 6.54 Å². The number of carbonyl (C=O) groups is 2. The van der Waals surface area contributed by atoms with E-state index in [1.54, 1.807) is 32.9 Å². The number of hydrogen-bond donors (Lipinski definition) is 3. The molecule has 0 aromatic heterocycles. The second kappa shape index (κ2) is 6.33. The summed E-state index contributed by atoms with van der Waals surface area (Å²) in [4.78, 5) is 23.3. The molecule has 0 bridgehead atoms. The first-order valence-corrected chi connectivity index (χ1v) is 6.14. The number of aryl methyl sites for hydroxylation is 2. The van der Waals surface area contributed by atoms with Crippen LogP contribution in [0.4, 0.5) is 0 Å². The average molecular weight is 265 g/mol. The molecular weight excluding hydrogens is 246 g/mol. The minimum atomic E-state index is -1.11. The van der Waals surface area contributed by atoms with Crippen molar-refractivity contribution >= 4 is 11.9 Å². The van der Waals surface area contributed by atoms with Crippen LogP contribution in [-0.2, 0) is 0 Å². The maximum Gasteiger partial charge on any atom is 0.336 e. The molecular formula is C14H19NO4. The van der Waals surface area contributed by atoms with E-state index in [-0.39, 0.29) is 11.1 Å². The van der Waals surface area contributed by atoms with Crippen LogP contribution in [0.25, 0.3) is 0 Å². The Morgan fingerprint density at radius 1 is 1.21 bits per heavy atom. The number of nitrogens with one attached hydrogen (secondary N) is 1. The van der Waals surface area contributed by atoms with E-state index in [1.807, 2.05) is 0 Å². The monoisotopic (exact) mass is 265 g/mol. The van der Waals surface area contributed by atoms with Gasteiger partial charge in [0.2, 0.25) is 0 Å². The number of aromatic carboxylic acids is 1. The molecule has 1 unspecified atom stereocenters. The van der Waals surface area contributed by atoms with Gasteiger partial charge in [-0.1, -0.05) is 12.1 Å². The topological polar surface area (TPSA) is 86.6 Å². The minimum Gasteiger partial charge on any atom is -0.478 e. The molecule has 0 spiro atoms. The van der Waals surface area contributed by atoms with Crippen LogP contribution in [0, 0.1) is 13.8 Å². The molecule has 5 heteroatoms. The molecule has 1 amide bonds. The number of aliphatic hydroxyl groups excluding tert-OH is 1. The lowest BCUT2D eigenvalue weighted by molar-refractivity contribution is 0.0689. The van der Waals surface area contributed by atoms with E-state index >= 15 is 0 Å². The first-order chi connectivity index (χ1) is 8.84. The van der Waals surface area contributed by atoms with Crippen LogP contribution in [0.15, 0.2) is 12.1 Å². The second-order valence-electron chi connectivity index (χ2n) is 4.65. The Hall–Kier alpha value is -1.88. The van der Waals surface area contributed by atoms with Crippen molar-refractivity contribution in [3.8, 4) is 0 Å². The molecule has 0 saturated carbocycles. The van der Waals surface area contributed by atoms with E-state index in [0.29, 0.717) is 24.1 Å². The van der Waals surface area contributed by atoms with Gasteiger partial charge in [0, 0.05) is 6.54 Å². The number of carbonyl (C=O) groups excluding carboxylic acids is 1. The van der Waals surface area contributed by atoms with Crippen molar-refractivity contribution in [2.45, 2.75) is 33.3 Å². The van der Waals surface area contributed by atoms with Crippen LogP contribution >= 0.6 is 0 Å². The molecule has 0 aliphatic carbocycles. The fraction of sp³-hybridized carbons (Fsp3) is 0.429. The van der Waals surface area contributed by atoms with Gasteiger partial charge < -0.3 is 15.5 Å². The Morgan fingerprint density at radius 3 is 2.21 bits per heavy atom. The van der Waals surface area contributed by atoms with Crippen molar-refractivity contribution in [1.29, 1.82) is 0 Å². The summed E-state index contributed by atoms with van der Waals surface area (Å²) in [6, 6.07) is 3.41. The zero-order chi connectivity index (χ0) is 14.6. The molecule has 0 fully saturated rings. The van der Waals surface area contributed by atoms with Crippen LogP contribution in [0.5, 0.6) is 0 Å². The van der Waals surface area contributed by atoms with Crippen molar-refractivity contribution in [2.24, 2.45) is 0 Å². The second-order valence-corrected chi connectivity index (χ2v) is 4.65. The maximum absolute atomic E-state index is 12.1. The first-order valence-electron chi connectivity index (χ1n) is 6.14. The van der Waals surface area contributed by atoms with E-state index in [9.17, 15) is 14.7 Å². The third-order valence-electron chi connectivity index (χ3n) is 2.91. The van der Waals surface area contributed by atoms with Gasteiger partial charge in [-0.25, -0.2) is 4.79 Å². The van der Waals surface area contributed by atoms with Crippen molar-refractivity contribution in [3.63, 3.8) is 0 Å². The Kier molecular flexibility index (Phi) is 5.06. The number of carboxylic acid groups (broad SMARTS) is 1. The summed E-state index contributed by atoms with van der Waals surface area (Å²) in [5.74, 6) is -1.53. The molecule has 1 aromatic carbocycles. The van der Waals surface area contributed by atoms with E-state index in [1.165, 1.54) is 0 Å². The predicted octanol–water partition coefficient (Wildman–Crippen LogP) is 1.50. The summed E-state index contributed by atoms with van der Waals surface area (Å²) < 4.78 is 0. The Bertz CT molecular complexity index is 494. The number of benzene rings is 1. The van der Waals surface area contributed by atoms with Crippen molar-refractivity contribution in [3.05, 3.63) is 34.4 Å². The highest BCUT2D eigenvalue weighted by atomic mass is 16.4. The SMILES string of the molecule is Cc1ccc(C)c(C(=O)NCCC(C)O)c1C(=O)O. The van der Waals surface area contributed by atoms with Gasteiger partial charge in [0.05, 0.1) is 17.2 Å². The molecule has 5 nitrogen and oxygen atoms in total. The van der Waals surface area contributed by atoms with Crippen molar-refractivity contribution < 1.29 is 19.8 Å². The lowest BCUT2D eigenvalue weighted by Crippen LogP contribution is -2.29. The number of rotatable bonds is 5. The van der Waals surface area contributed by atoms with Gasteiger partial charge in [0.25, 0.3) is 5.91 Å². The standard InChI is InChI=1S/C14H19NO4/c1-8-4-5-9(2)12(14(18)19)11(8)13(17)15-7-6-10(3)16/h4-5,10,16H,6-7H2,1-3H3,(H,15,17)(H,18,19). The Labute approximate surface area is 112 Å². The first kappa shape index (κ1) is 15.2. The quantitative estimate of drug-likeness (QED) is 0.753. The highest BCUT2D eigenvalue weighted by Crippen LogP contribution is 2.18. The van der Waals surface area contributed by atoms with Crippen LogP contribution in [0.2, 0.25) is 0 Å². The van der Waals surface area contributed by atoms with E-state index in [0.717, 1.165) is 0 Å². The molecule has 19 heavy (non-hydrogen) atoms. The van der Waals surface area contributed by atoms with Gasteiger partial charge in [-0.2, -0.15) is 0 Å². The predicted molar refractivity (Wildman–Crippen MR) is 71.5 cm³/mol. The van der Waals surface area contributed by atoms with Crippen molar-refractivity contribution in [1.82, 2.24) is 5.32 Å². The lowest BCUT2D eigenvalue weighted by Gasteiger charge is -2.13. The summed E-state index contributed by atoms with van der Waals surface area (Å²) >= 11 is 0. The highest BCUT2D eigenvalue weighted by molar-refractivity contribution is 6.06. The number of amides is 1.